The molecule has 1 atom stereocenters. The highest BCUT2D eigenvalue weighted by Crippen LogP contribution is 2.34. The Morgan fingerprint density at radius 1 is 1.09 bits per heavy atom. The molecule has 0 saturated heterocycles. The van der Waals surface area contributed by atoms with Crippen LogP contribution in [0.1, 0.15) is 67.9 Å². The van der Waals surface area contributed by atoms with Crippen LogP contribution in [0.4, 0.5) is 0 Å². The van der Waals surface area contributed by atoms with Crippen molar-refractivity contribution in [3.63, 3.8) is 0 Å². The van der Waals surface area contributed by atoms with E-state index in [0.717, 1.165) is 36.8 Å². The summed E-state index contributed by atoms with van der Waals surface area (Å²) in [5.74, 6) is -0.204. The minimum absolute atomic E-state index is 0.0663. The lowest BCUT2D eigenvalue weighted by molar-refractivity contribution is -0.134. The first-order chi connectivity index (χ1) is 15.6. The van der Waals surface area contributed by atoms with Gasteiger partial charge < -0.3 is 19.2 Å². The zero-order valence-corrected chi connectivity index (χ0v) is 18.7. The normalized spacial score (nSPS) is 22.4. The molecule has 2 aromatic heterocycles. The first kappa shape index (κ1) is 20.9. The summed E-state index contributed by atoms with van der Waals surface area (Å²) in [4.78, 5) is 29.2. The molecule has 32 heavy (non-hydrogen) atoms. The quantitative estimate of drug-likeness (QED) is 0.638. The number of furan rings is 1. The van der Waals surface area contributed by atoms with Crippen molar-refractivity contribution in [2.45, 2.75) is 76.5 Å². The molecule has 1 aliphatic heterocycles. The monoisotopic (exact) mass is 433 g/mol. The largest absolute Gasteiger partial charge is 0.463 e. The third-order valence-electron chi connectivity index (χ3n) is 7.16. The Balaban J connectivity index is 1.49. The number of carbonyl (C=O) groups is 2. The summed E-state index contributed by atoms with van der Waals surface area (Å²) in [5, 5.41) is 3.33. The standard InChI is InChI=1S/C26H31N3O3/c1-26(25(31)27-20-12-8-3-2-4-9-13-20)18-28-21-14-15-32-23(21)16-22(28)24(30)29(26)17-19-10-6-5-7-11-19/h5-7,10-11,14-16,20H,2-4,8-9,12-13,17-18H2,1H3,(H,27,31)/t26-/m0/s1. The lowest BCUT2D eigenvalue weighted by Crippen LogP contribution is -2.64. The van der Waals surface area contributed by atoms with Gasteiger partial charge in [-0.05, 0) is 25.3 Å². The number of hydrogen-bond donors (Lipinski definition) is 1. The van der Waals surface area contributed by atoms with E-state index in [-0.39, 0.29) is 17.9 Å². The second kappa shape index (κ2) is 8.49. The van der Waals surface area contributed by atoms with Crippen LogP contribution >= 0.6 is 0 Å². The van der Waals surface area contributed by atoms with Gasteiger partial charge in [0.15, 0.2) is 5.58 Å². The topological polar surface area (TPSA) is 67.5 Å². The summed E-state index contributed by atoms with van der Waals surface area (Å²) >= 11 is 0. The third-order valence-corrected chi connectivity index (χ3v) is 7.16. The lowest BCUT2D eigenvalue weighted by Gasteiger charge is -2.44. The van der Waals surface area contributed by atoms with Crippen LogP contribution in [-0.2, 0) is 17.9 Å². The first-order valence-electron chi connectivity index (χ1n) is 11.8. The van der Waals surface area contributed by atoms with Gasteiger partial charge >= 0.3 is 0 Å². The minimum atomic E-state index is -0.995. The molecule has 1 aromatic carbocycles. The average Bonchev–Trinajstić information content (AvgIpc) is 3.36. The number of hydrogen-bond acceptors (Lipinski definition) is 3. The first-order valence-corrected chi connectivity index (χ1v) is 11.8. The zero-order chi connectivity index (χ0) is 22.1. The minimum Gasteiger partial charge on any atom is -0.463 e. The van der Waals surface area contributed by atoms with Gasteiger partial charge in [0, 0.05) is 24.7 Å². The second-order valence-electron chi connectivity index (χ2n) is 9.45. The summed E-state index contributed by atoms with van der Waals surface area (Å²) in [6.07, 6.45) is 9.68. The van der Waals surface area contributed by atoms with Crippen LogP contribution in [0.2, 0.25) is 0 Å². The Hall–Kier alpha value is -3.02. The molecule has 2 aliphatic rings. The van der Waals surface area contributed by atoms with Gasteiger partial charge in [-0.2, -0.15) is 0 Å². The second-order valence-corrected chi connectivity index (χ2v) is 9.45. The number of carbonyl (C=O) groups excluding carboxylic acids is 2. The SMILES string of the molecule is C[C@@]1(C(=O)NC2CCCCCCC2)Cn2c(cc3occc32)C(=O)N1Cc1ccccc1. The van der Waals surface area contributed by atoms with E-state index in [1.165, 1.54) is 19.3 Å². The fourth-order valence-electron chi connectivity index (χ4n) is 5.23. The maximum Gasteiger partial charge on any atom is 0.271 e. The van der Waals surface area contributed by atoms with Crippen LogP contribution in [-0.4, -0.2) is 32.9 Å². The number of nitrogens with zero attached hydrogens (tertiary/aromatic N) is 2. The van der Waals surface area contributed by atoms with E-state index in [4.69, 9.17) is 4.42 Å². The lowest BCUT2D eigenvalue weighted by atomic mass is 9.91. The molecule has 1 saturated carbocycles. The predicted octanol–water partition coefficient (Wildman–Crippen LogP) is 4.88. The Bertz CT molecular complexity index is 1110. The van der Waals surface area contributed by atoms with Crippen LogP contribution in [0, 0.1) is 0 Å². The molecule has 2 amide bonds. The van der Waals surface area contributed by atoms with Crippen molar-refractivity contribution in [1.29, 1.82) is 0 Å². The molecule has 0 spiro atoms. The van der Waals surface area contributed by atoms with E-state index in [0.29, 0.717) is 24.4 Å². The highest BCUT2D eigenvalue weighted by molar-refractivity contribution is 6.02. The maximum absolute atomic E-state index is 13.8. The van der Waals surface area contributed by atoms with Crippen LogP contribution in [0.15, 0.2) is 53.1 Å². The van der Waals surface area contributed by atoms with Crippen molar-refractivity contribution in [2.24, 2.45) is 0 Å². The molecule has 1 N–H and O–H groups in total. The Morgan fingerprint density at radius 2 is 1.81 bits per heavy atom. The summed E-state index contributed by atoms with van der Waals surface area (Å²) < 4.78 is 7.50. The Labute approximate surface area is 188 Å². The summed E-state index contributed by atoms with van der Waals surface area (Å²) in [6, 6.07) is 13.7. The molecule has 6 heteroatoms. The van der Waals surface area contributed by atoms with Gasteiger partial charge in [-0.25, -0.2) is 0 Å². The van der Waals surface area contributed by atoms with E-state index in [9.17, 15) is 9.59 Å². The number of rotatable bonds is 4. The molecule has 0 radical (unpaired) electrons. The molecular weight excluding hydrogens is 402 g/mol. The smallest absolute Gasteiger partial charge is 0.271 e. The molecule has 6 nitrogen and oxygen atoms in total. The van der Waals surface area contributed by atoms with Crippen molar-refractivity contribution >= 4 is 22.9 Å². The molecule has 3 heterocycles. The molecule has 0 unspecified atom stereocenters. The number of benzene rings is 1. The van der Waals surface area contributed by atoms with Gasteiger partial charge in [0.2, 0.25) is 5.91 Å². The number of fused-ring (bicyclic) bond motifs is 3. The molecule has 3 aromatic rings. The maximum atomic E-state index is 13.8. The van der Waals surface area contributed by atoms with Crippen LogP contribution in [0.3, 0.4) is 0 Å². The van der Waals surface area contributed by atoms with Gasteiger partial charge in [0.05, 0.1) is 18.3 Å². The predicted molar refractivity (Wildman–Crippen MR) is 123 cm³/mol. The number of nitrogens with one attached hydrogen (secondary N) is 1. The van der Waals surface area contributed by atoms with Crippen molar-refractivity contribution in [2.75, 3.05) is 0 Å². The van der Waals surface area contributed by atoms with E-state index < -0.39 is 5.54 Å². The summed E-state index contributed by atoms with van der Waals surface area (Å²) in [5.41, 5.74) is 2.13. The van der Waals surface area contributed by atoms with Crippen LogP contribution in [0.25, 0.3) is 11.1 Å². The van der Waals surface area contributed by atoms with E-state index in [1.54, 1.807) is 17.2 Å². The van der Waals surface area contributed by atoms with Gasteiger partial charge in [0.1, 0.15) is 11.2 Å². The fourth-order valence-corrected chi connectivity index (χ4v) is 5.23. The van der Waals surface area contributed by atoms with E-state index in [2.05, 4.69) is 5.32 Å². The molecule has 1 aliphatic carbocycles. The molecule has 168 valence electrons. The number of aromatic nitrogens is 1. The van der Waals surface area contributed by atoms with Gasteiger partial charge in [-0.1, -0.05) is 62.4 Å². The van der Waals surface area contributed by atoms with Crippen LogP contribution in [0.5, 0.6) is 0 Å². The number of amides is 2. The van der Waals surface area contributed by atoms with Gasteiger partial charge in [-0.15, -0.1) is 0 Å². The van der Waals surface area contributed by atoms with Crippen molar-refractivity contribution in [3.8, 4) is 0 Å². The molecular formula is C26H31N3O3. The Morgan fingerprint density at radius 3 is 2.56 bits per heavy atom. The van der Waals surface area contributed by atoms with E-state index in [1.807, 2.05) is 47.9 Å². The van der Waals surface area contributed by atoms with Crippen molar-refractivity contribution in [3.05, 3.63) is 60.0 Å². The van der Waals surface area contributed by atoms with Crippen molar-refractivity contribution < 1.29 is 14.0 Å². The van der Waals surface area contributed by atoms with Gasteiger partial charge in [-0.3, -0.25) is 9.59 Å². The summed E-state index contributed by atoms with van der Waals surface area (Å²) in [7, 11) is 0. The molecule has 5 rings (SSSR count). The van der Waals surface area contributed by atoms with Crippen molar-refractivity contribution in [1.82, 2.24) is 14.8 Å². The fraction of sp³-hybridized carbons (Fsp3) is 0.462. The Kier molecular flexibility index (Phi) is 5.53. The average molecular weight is 434 g/mol. The highest BCUT2D eigenvalue weighted by atomic mass is 16.3. The zero-order valence-electron chi connectivity index (χ0n) is 18.7. The third kappa shape index (κ3) is 3.72. The molecule has 0 bridgehead atoms. The molecule has 1 fully saturated rings. The van der Waals surface area contributed by atoms with E-state index >= 15 is 0 Å². The highest BCUT2D eigenvalue weighted by Gasteiger charge is 2.48. The van der Waals surface area contributed by atoms with Gasteiger partial charge in [0.25, 0.3) is 5.91 Å². The van der Waals surface area contributed by atoms with Crippen LogP contribution < -0.4 is 5.32 Å². The summed E-state index contributed by atoms with van der Waals surface area (Å²) in [6.45, 7) is 2.70.